The number of thioether (sulfide) groups is 1. The van der Waals surface area contributed by atoms with Gasteiger partial charge in [0.05, 0.1) is 10.7 Å². The fourth-order valence-corrected chi connectivity index (χ4v) is 3.35. The summed E-state index contributed by atoms with van der Waals surface area (Å²) in [4.78, 5) is 13.8. The Bertz CT molecular complexity index is 507. The molecule has 0 aliphatic carbocycles. The van der Waals surface area contributed by atoms with Gasteiger partial charge in [0.15, 0.2) is 0 Å². The Labute approximate surface area is 127 Å². The molecule has 5 nitrogen and oxygen atoms in total. The maximum atomic E-state index is 10.7. The van der Waals surface area contributed by atoms with E-state index in [2.05, 4.69) is 4.90 Å². The maximum Gasteiger partial charge on any atom is 0.321 e. The molecule has 0 saturated carbocycles. The molecule has 0 unspecified atom stereocenters. The van der Waals surface area contributed by atoms with Gasteiger partial charge in [-0.15, -0.1) is 11.8 Å². The van der Waals surface area contributed by atoms with E-state index in [1.807, 2.05) is 6.07 Å². The molecule has 0 spiro atoms. The molecule has 7 heteroatoms. The van der Waals surface area contributed by atoms with Gasteiger partial charge in [0.25, 0.3) is 0 Å². The first-order valence-corrected chi connectivity index (χ1v) is 7.80. The van der Waals surface area contributed by atoms with E-state index in [0.717, 1.165) is 36.5 Å². The van der Waals surface area contributed by atoms with Crippen molar-refractivity contribution in [1.82, 2.24) is 0 Å². The second kappa shape index (κ2) is 6.56. The lowest BCUT2D eigenvalue weighted by molar-refractivity contribution is -0.137. The number of hydrogen-bond donors (Lipinski definition) is 3. The van der Waals surface area contributed by atoms with Crippen molar-refractivity contribution in [1.29, 1.82) is 0 Å². The first-order chi connectivity index (χ1) is 9.49. The van der Waals surface area contributed by atoms with Gasteiger partial charge in [-0.3, -0.25) is 4.79 Å². The summed E-state index contributed by atoms with van der Waals surface area (Å²) in [5.74, 6) is -0.731. The Kier molecular flexibility index (Phi) is 5.01. The molecule has 20 heavy (non-hydrogen) atoms. The molecular weight excluding hydrogens is 298 g/mol. The fraction of sp³-hybridized carbons (Fsp3) is 0.462. The minimum absolute atomic E-state index is 0.278. The molecule has 1 saturated heterocycles. The molecule has 2 rings (SSSR count). The third-order valence-electron chi connectivity index (χ3n) is 3.26. The van der Waals surface area contributed by atoms with E-state index in [1.54, 1.807) is 6.07 Å². The van der Waals surface area contributed by atoms with Crippen molar-refractivity contribution in [3.8, 4) is 0 Å². The molecule has 1 heterocycles. The molecule has 1 aliphatic rings. The number of aliphatic carboxylic acids is 1. The summed E-state index contributed by atoms with van der Waals surface area (Å²) in [6, 6.07) is 2.76. The smallest absolute Gasteiger partial charge is 0.321 e. The van der Waals surface area contributed by atoms with E-state index in [9.17, 15) is 4.79 Å². The zero-order chi connectivity index (χ0) is 14.7. The standard InChI is InChI=1S/C13H18ClN3O2S/c14-8-5-9(15)12(20-7-10(16)13(18)19)6-11(8)17-3-1-2-4-17/h5-6,10H,1-4,7,15-16H2,(H,18,19)/t10-/m0/s1. The zero-order valence-electron chi connectivity index (χ0n) is 11.0. The van der Waals surface area contributed by atoms with E-state index in [-0.39, 0.29) is 5.75 Å². The van der Waals surface area contributed by atoms with Crippen LogP contribution < -0.4 is 16.4 Å². The number of anilines is 2. The third kappa shape index (κ3) is 3.50. The predicted molar refractivity (Wildman–Crippen MR) is 83.6 cm³/mol. The van der Waals surface area contributed by atoms with Crippen molar-refractivity contribution in [3.05, 3.63) is 17.2 Å². The summed E-state index contributed by atoms with van der Waals surface area (Å²) in [7, 11) is 0. The second-order valence-corrected chi connectivity index (χ2v) is 6.26. The van der Waals surface area contributed by atoms with Crippen LogP contribution in [0.3, 0.4) is 0 Å². The topological polar surface area (TPSA) is 92.6 Å². The number of carboxylic acid groups (broad SMARTS) is 1. The lowest BCUT2D eigenvalue weighted by Gasteiger charge is -2.21. The zero-order valence-corrected chi connectivity index (χ0v) is 12.6. The van der Waals surface area contributed by atoms with Crippen molar-refractivity contribution in [2.24, 2.45) is 5.73 Å². The first-order valence-electron chi connectivity index (χ1n) is 6.44. The second-order valence-electron chi connectivity index (χ2n) is 4.79. The molecule has 1 fully saturated rings. The summed E-state index contributed by atoms with van der Waals surface area (Å²) < 4.78 is 0. The van der Waals surface area contributed by atoms with Gasteiger partial charge in [-0.1, -0.05) is 11.6 Å². The minimum Gasteiger partial charge on any atom is -0.480 e. The van der Waals surface area contributed by atoms with Gasteiger partial charge in [0.1, 0.15) is 6.04 Å². The number of hydrogen-bond acceptors (Lipinski definition) is 5. The van der Waals surface area contributed by atoms with E-state index in [0.29, 0.717) is 10.7 Å². The SMILES string of the molecule is Nc1cc(Cl)c(N2CCCC2)cc1SC[C@H](N)C(=O)O. The highest BCUT2D eigenvalue weighted by atomic mass is 35.5. The van der Waals surface area contributed by atoms with Crippen LogP contribution in [0.4, 0.5) is 11.4 Å². The van der Waals surface area contributed by atoms with Gasteiger partial charge in [0.2, 0.25) is 0 Å². The minimum atomic E-state index is -1.01. The average molecular weight is 316 g/mol. The van der Waals surface area contributed by atoms with Crippen LogP contribution >= 0.6 is 23.4 Å². The largest absolute Gasteiger partial charge is 0.480 e. The van der Waals surface area contributed by atoms with Crippen LogP contribution in [0.25, 0.3) is 0 Å². The fourth-order valence-electron chi connectivity index (χ4n) is 2.13. The van der Waals surface area contributed by atoms with Crippen LogP contribution in [-0.4, -0.2) is 36.0 Å². The molecule has 1 aromatic carbocycles. The normalized spacial score (nSPS) is 16.4. The Morgan fingerprint density at radius 3 is 2.70 bits per heavy atom. The Morgan fingerprint density at radius 2 is 2.10 bits per heavy atom. The number of rotatable bonds is 5. The van der Waals surface area contributed by atoms with Crippen LogP contribution in [0.15, 0.2) is 17.0 Å². The third-order valence-corrected chi connectivity index (χ3v) is 4.75. The predicted octanol–water partition coefficient (Wildman–Crippen LogP) is 2.03. The van der Waals surface area contributed by atoms with Crippen molar-refractivity contribution in [3.63, 3.8) is 0 Å². The molecule has 0 aromatic heterocycles. The quantitative estimate of drug-likeness (QED) is 0.568. The molecule has 1 atom stereocenters. The first kappa shape index (κ1) is 15.3. The van der Waals surface area contributed by atoms with Gasteiger partial charge in [0, 0.05) is 29.4 Å². The Balaban J connectivity index is 2.15. The molecule has 110 valence electrons. The summed E-state index contributed by atoms with van der Waals surface area (Å²) in [5.41, 5.74) is 13.0. The summed E-state index contributed by atoms with van der Waals surface area (Å²) >= 11 is 7.59. The van der Waals surface area contributed by atoms with Crippen molar-refractivity contribution in [2.75, 3.05) is 29.5 Å². The molecule has 1 aromatic rings. The van der Waals surface area contributed by atoms with Gasteiger partial charge in [-0.25, -0.2) is 0 Å². The number of carbonyl (C=O) groups is 1. The van der Waals surface area contributed by atoms with E-state index >= 15 is 0 Å². The summed E-state index contributed by atoms with van der Waals surface area (Å²) in [5, 5.41) is 9.44. The van der Waals surface area contributed by atoms with Crippen molar-refractivity contribution in [2.45, 2.75) is 23.8 Å². The lowest BCUT2D eigenvalue weighted by atomic mass is 10.2. The highest BCUT2D eigenvalue weighted by Crippen LogP contribution is 2.37. The van der Waals surface area contributed by atoms with Crippen LogP contribution in [0.2, 0.25) is 5.02 Å². The van der Waals surface area contributed by atoms with Gasteiger partial charge in [-0.2, -0.15) is 0 Å². The maximum absolute atomic E-state index is 10.7. The van der Waals surface area contributed by atoms with Gasteiger partial charge < -0.3 is 21.5 Å². The van der Waals surface area contributed by atoms with Crippen LogP contribution in [0.5, 0.6) is 0 Å². The monoisotopic (exact) mass is 315 g/mol. The number of carboxylic acids is 1. The van der Waals surface area contributed by atoms with Gasteiger partial charge in [-0.05, 0) is 25.0 Å². The molecule has 5 N–H and O–H groups in total. The van der Waals surface area contributed by atoms with Crippen LogP contribution in [-0.2, 0) is 4.79 Å². The number of benzene rings is 1. The molecular formula is C13H18ClN3O2S. The highest BCUT2D eigenvalue weighted by molar-refractivity contribution is 7.99. The number of nitrogens with zero attached hydrogens (tertiary/aromatic N) is 1. The lowest BCUT2D eigenvalue weighted by Crippen LogP contribution is -2.32. The van der Waals surface area contributed by atoms with Crippen molar-refractivity contribution >= 4 is 40.7 Å². The number of nitrogens with two attached hydrogens (primary N) is 2. The number of nitrogen functional groups attached to an aromatic ring is 1. The van der Waals surface area contributed by atoms with E-state index < -0.39 is 12.0 Å². The molecule has 1 aliphatic heterocycles. The Morgan fingerprint density at radius 1 is 1.45 bits per heavy atom. The average Bonchev–Trinajstić information content (AvgIpc) is 2.91. The Hall–Kier alpha value is -1.11. The molecule has 0 bridgehead atoms. The highest BCUT2D eigenvalue weighted by Gasteiger charge is 2.18. The van der Waals surface area contributed by atoms with Gasteiger partial charge >= 0.3 is 5.97 Å². The van der Waals surface area contributed by atoms with E-state index in [1.165, 1.54) is 11.8 Å². The number of halogens is 1. The van der Waals surface area contributed by atoms with Crippen LogP contribution in [0, 0.1) is 0 Å². The van der Waals surface area contributed by atoms with Crippen LogP contribution in [0.1, 0.15) is 12.8 Å². The van der Waals surface area contributed by atoms with Crippen molar-refractivity contribution < 1.29 is 9.90 Å². The molecule has 0 amide bonds. The summed E-state index contributed by atoms with van der Waals surface area (Å²) in [6.45, 7) is 1.98. The van der Waals surface area contributed by atoms with E-state index in [4.69, 9.17) is 28.2 Å². The molecule has 0 radical (unpaired) electrons. The summed E-state index contributed by atoms with van der Waals surface area (Å²) in [6.07, 6.45) is 2.32.